The summed E-state index contributed by atoms with van der Waals surface area (Å²) in [6.45, 7) is 3.67. The molecule has 0 radical (unpaired) electrons. The van der Waals surface area contributed by atoms with Gasteiger partial charge in [0.25, 0.3) is 0 Å². The third kappa shape index (κ3) is 3.16. The van der Waals surface area contributed by atoms with Crippen LogP contribution in [0.5, 0.6) is 0 Å². The Morgan fingerprint density at radius 1 is 1.63 bits per heavy atom. The summed E-state index contributed by atoms with van der Waals surface area (Å²) in [7, 11) is 0. The molecule has 0 saturated carbocycles. The fraction of sp³-hybridized carbons (Fsp3) is 0.643. The molecule has 0 bridgehead atoms. The summed E-state index contributed by atoms with van der Waals surface area (Å²) in [5.41, 5.74) is 11.7. The second-order valence-electron chi connectivity index (χ2n) is 5.27. The lowest BCUT2D eigenvalue weighted by Crippen LogP contribution is -2.47. The van der Waals surface area contributed by atoms with E-state index >= 15 is 0 Å². The van der Waals surface area contributed by atoms with Crippen LogP contribution in [-0.4, -0.2) is 29.9 Å². The van der Waals surface area contributed by atoms with Crippen molar-refractivity contribution in [3.05, 3.63) is 24.2 Å². The lowest BCUT2D eigenvalue weighted by Gasteiger charge is -2.38. The zero-order valence-electron chi connectivity index (χ0n) is 11.4. The van der Waals surface area contributed by atoms with Crippen LogP contribution in [0.25, 0.3) is 0 Å². The van der Waals surface area contributed by atoms with Crippen LogP contribution in [-0.2, 0) is 4.79 Å². The van der Waals surface area contributed by atoms with E-state index in [4.69, 9.17) is 15.9 Å². The van der Waals surface area contributed by atoms with Crippen molar-refractivity contribution in [1.29, 1.82) is 0 Å². The van der Waals surface area contributed by atoms with Gasteiger partial charge in [0.05, 0.1) is 18.2 Å². The molecule has 1 saturated heterocycles. The number of piperidine rings is 1. The molecule has 3 unspecified atom stereocenters. The van der Waals surface area contributed by atoms with Crippen LogP contribution in [0.15, 0.2) is 22.8 Å². The Kier molecular flexibility index (Phi) is 4.61. The van der Waals surface area contributed by atoms with E-state index in [1.54, 1.807) is 6.26 Å². The predicted octanol–water partition coefficient (Wildman–Crippen LogP) is 1.26. The van der Waals surface area contributed by atoms with E-state index in [1.807, 2.05) is 12.1 Å². The van der Waals surface area contributed by atoms with E-state index in [-0.39, 0.29) is 23.9 Å². The molecule has 2 heterocycles. The molecule has 1 aromatic rings. The van der Waals surface area contributed by atoms with Crippen LogP contribution in [0, 0.1) is 5.92 Å². The maximum Gasteiger partial charge on any atom is 0.221 e. The molecule has 5 nitrogen and oxygen atoms in total. The average molecular weight is 265 g/mol. The molecule has 2 rings (SSSR count). The second-order valence-corrected chi connectivity index (χ2v) is 5.27. The van der Waals surface area contributed by atoms with Crippen molar-refractivity contribution in [2.45, 2.75) is 38.3 Å². The van der Waals surface area contributed by atoms with E-state index in [1.165, 1.54) is 0 Å². The third-order valence-corrected chi connectivity index (χ3v) is 3.96. The average Bonchev–Trinajstić information content (AvgIpc) is 2.93. The maximum absolute atomic E-state index is 11.4. The molecule has 0 aromatic carbocycles. The SMILES string of the molecule is CCC(N)C(c1ccco1)N1CCCC(C(N)=O)C1. The Labute approximate surface area is 113 Å². The molecular formula is C14H23N3O2. The van der Waals surface area contributed by atoms with Crippen molar-refractivity contribution in [3.8, 4) is 0 Å². The summed E-state index contributed by atoms with van der Waals surface area (Å²) in [5.74, 6) is 0.586. The highest BCUT2D eigenvalue weighted by molar-refractivity contribution is 5.76. The molecule has 5 heteroatoms. The molecule has 4 N–H and O–H groups in total. The van der Waals surface area contributed by atoms with Gasteiger partial charge in [0.15, 0.2) is 0 Å². The number of furan rings is 1. The number of amides is 1. The van der Waals surface area contributed by atoms with Crippen molar-refractivity contribution in [2.24, 2.45) is 17.4 Å². The van der Waals surface area contributed by atoms with Gasteiger partial charge in [-0.1, -0.05) is 6.92 Å². The van der Waals surface area contributed by atoms with Gasteiger partial charge < -0.3 is 15.9 Å². The number of carbonyl (C=O) groups excluding carboxylic acids is 1. The minimum atomic E-state index is -0.215. The maximum atomic E-state index is 11.4. The second kappa shape index (κ2) is 6.21. The fourth-order valence-corrected chi connectivity index (χ4v) is 2.84. The Bertz CT molecular complexity index is 405. The zero-order valence-corrected chi connectivity index (χ0v) is 11.4. The number of rotatable bonds is 5. The van der Waals surface area contributed by atoms with E-state index in [0.717, 1.165) is 31.6 Å². The van der Waals surface area contributed by atoms with Crippen LogP contribution >= 0.6 is 0 Å². The topological polar surface area (TPSA) is 85.5 Å². The quantitative estimate of drug-likeness (QED) is 0.839. The number of primary amides is 1. The minimum Gasteiger partial charge on any atom is -0.468 e. The van der Waals surface area contributed by atoms with Crippen molar-refractivity contribution in [3.63, 3.8) is 0 Å². The molecule has 19 heavy (non-hydrogen) atoms. The molecule has 1 aliphatic rings. The predicted molar refractivity (Wildman–Crippen MR) is 73.2 cm³/mol. The molecule has 1 amide bonds. The van der Waals surface area contributed by atoms with Crippen LogP contribution in [0.1, 0.15) is 38.0 Å². The number of nitrogens with zero attached hydrogens (tertiary/aromatic N) is 1. The first-order chi connectivity index (χ1) is 9.13. The Hall–Kier alpha value is -1.33. The number of nitrogens with two attached hydrogens (primary N) is 2. The largest absolute Gasteiger partial charge is 0.468 e. The highest BCUT2D eigenvalue weighted by atomic mass is 16.3. The molecule has 1 fully saturated rings. The Balaban J connectivity index is 2.16. The monoisotopic (exact) mass is 265 g/mol. The van der Waals surface area contributed by atoms with Gasteiger partial charge in [0.1, 0.15) is 5.76 Å². The van der Waals surface area contributed by atoms with Crippen LogP contribution in [0.4, 0.5) is 0 Å². The summed E-state index contributed by atoms with van der Waals surface area (Å²) in [4.78, 5) is 13.6. The number of hydrogen-bond acceptors (Lipinski definition) is 4. The fourth-order valence-electron chi connectivity index (χ4n) is 2.84. The minimum absolute atomic E-state index is 0.00206. The van der Waals surface area contributed by atoms with E-state index in [0.29, 0.717) is 6.54 Å². The summed E-state index contributed by atoms with van der Waals surface area (Å²) in [5, 5.41) is 0. The highest BCUT2D eigenvalue weighted by Gasteiger charge is 2.33. The van der Waals surface area contributed by atoms with Gasteiger partial charge in [-0.05, 0) is 37.9 Å². The first-order valence-electron chi connectivity index (χ1n) is 6.95. The summed E-state index contributed by atoms with van der Waals surface area (Å²) in [6.07, 6.45) is 4.38. The first kappa shape index (κ1) is 14.1. The lowest BCUT2D eigenvalue weighted by molar-refractivity contribution is -0.124. The highest BCUT2D eigenvalue weighted by Crippen LogP contribution is 2.30. The molecular weight excluding hydrogens is 242 g/mol. The van der Waals surface area contributed by atoms with Crippen molar-refractivity contribution < 1.29 is 9.21 Å². The number of likely N-dealkylation sites (tertiary alicyclic amines) is 1. The zero-order chi connectivity index (χ0) is 13.8. The van der Waals surface area contributed by atoms with Gasteiger partial charge in [0.2, 0.25) is 5.91 Å². The van der Waals surface area contributed by atoms with Crippen molar-refractivity contribution in [1.82, 2.24) is 4.90 Å². The molecule has 1 aliphatic heterocycles. The molecule has 106 valence electrons. The van der Waals surface area contributed by atoms with Gasteiger partial charge >= 0.3 is 0 Å². The first-order valence-corrected chi connectivity index (χ1v) is 6.95. The third-order valence-electron chi connectivity index (χ3n) is 3.96. The van der Waals surface area contributed by atoms with E-state index in [2.05, 4.69) is 11.8 Å². The summed E-state index contributed by atoms with van der Waals surface area (Å²) < 4.78 is 5.53. The van der Waals surface area contributed by atoms with Crippen LogP contribution in [0.2, 0.25) is 0 Å². The number of carbonyl (C=O) groups is 1. The summed E-state index contributed by atoms with van der Waals surface area (Å²) >= 11 is 0. The summed E-state index contributed by atoms with van der Waals surface area (Å²) in [6, 6.07) is 3.86. The standard InChI is InChI=1S/C14H23N3O2/c1-2-11(15)13(12-6-4-8-19-12)17-7-3-5-10(9-17)14(16)18/h4,6,8,10-11,13H,2-3,5,7,9,15H2,1H3,(H2,16,18). The smallest absolute Gasteiger partial charge is 0.221 e. The molecule has 3 atom stereocenters. The van der Waals surface area contributed by atoms with Crippen molar-refractivity contribution >= 4 is 5.91 Å². The van der Waals surface area contributed by atoms with Crippen LogP contribution in [0.3, 0.4) is 0 Å². The molecule has 0 aliphatic carbocycles. The van der Waals surface area contributed by atoms with Crippen molar-refractivity contribution in [2.75, 3.05) is 13.1 Å². The van der Waals surface area contributed by atoms with Gasteiger partial charge in [-0.3, -0.25) is 9.69 Å². The normalized spacial score (nSPS) is 24.0. The van der Waals surface area contributed by atoms with Gasteiger partial charge in [-0.2, -0.15) is 0 Å². The lowest BCUT2D eigenvalue weighted by atomic mass is 9.93. The Morgan fingerprint density at radius 2 is 2.42 bits per heavy atom. The molecule has 0 spiro atoms. The van der Waals surface area contributed by atoms with Gasteiger partial charge in [0, 0.05) is 12.6 Å². The van der Waals surface area contributed by atoms with E-state index in [9.17, 15) is 4.79 Å². The number of hydrogen-bond donors (Lipinski definition) is 2. The van der Waals surface area contributed by atoms with E-state index < -0.39 is 0 Å². The molecule has 1 aromatic heterocycles. The Morgan fingerprint density at radius 3 is 3.00 bits per heavy atom. The van der Waals surface area contributed by atoms with Gasteiger partial charge in [-0.25, -0.2) is 0 Å². The van der Waals surface area contributed by atoms with Crippen LogP contribution < -0.4 is 11.5 Å². The van der Waals surface area contributed by atoms with Gasteiger partial charge in [-0.15, -0.1) is 0 Å².